The standard InChI is InChI=1S/C40H43N3O6Si/c1-26-37(50(2,3)48)35(22-36(45)42-24-30-14-8-7-13-29(30)21-32(42)25-44)49-40(26)33-15-9-10-16-34(33)43(39(40)47)23-27-17-19-31(20-18-27)41-38(46)28-11-5-4-6-12-28/h4-20,26,32,35,37,44,48H,21-25H2,1-3H3,(H,41,46)/t26-,32+,35+,37-,40+/m1/s1. The molecule has 3 aliphatic rings. The number of ether oxygens (including phenoxy) is 1. The van der Waals surface area contributed by atoms with Gasteiger partial charge in [-0.25, -0.2) is 0 Å². The topological polar surface area (TPSA) is 119 Å². The summed E-state index contributed by atoms with van der Waals surface area (Å²) in [5.41, 5.74) is 3.97. The molecule has 4 aromatic carbocycles. The Morgan fingerprint density at radius 3 is 2.28 bits per heavy atom. The first-order chi connectivity index (χ1) is 24.0. The van der Waals surface area contributed by atoms with E-state index in [1.165, 1.54) is 0 Å². The number of nitrogens with zero attached hydrogens (tertiary/aromatic N) is 2. The fourth-order valence-electron chi connectivity index (χ4n) is 8.39. The van der Waals surface area contributed by atoms with Gasteiger partial charge in [0.15, 0.2) is 13.9 Å². The van der Waals surface area contributed by atoms with Gasteiger partial charge >= 0.3 is 0 Å². The number of amides is 3. The Morgan fingerprint density at radius 2 is 1.58 bits per heavy atom. The highest BCUT2D eigenvalue weighted by molar-refractivity contribution is 6.71. The monoisotopic (exact) mass is 689 g/mol. The molecule has 0 aliphatic carbocycles. The van der Waals surface area contributed by atoms with Crippen LogP contribution in [0.25, 0.3) is 0 Å². The zero-order valence-corrected chi connectivity index (χ0v) is 29.6. The first-order valence-electron chi connectivity index (χ1n) is 17.3. The molecule has 0 bridgehead atoms. The maximum absolute atomic E-state index is 14.8. The van der Waals surface area contributed by atoms with Crippen molar-refractivity contribution in [3.63, 3.8) is 0 Å². The fraction of sp³-hybridized carbons (Fsp3) is 0.325. The van der Waals surface area contributed by atoms with Crippen LogP contribution in [0.15, 0.2) is 103 Å². The van der Waals surface area contributed by atoms with Crippen molar-refractivity contribution in [3.8, 4) is 0 Å². The summed E-state index contributed by atoms with van der Waals surface area (Å²) in [6, 6.07) is 31.7. The zero-order chi connectivity index (χ0) is 35.2. The third-order valence-corrected chi connectivity index (χ3v) is 13.2. The summed E-state index contributed by atoms with van der Waals surface area (Å²) < 4.78 is 6.90. The molecule has 4 aromatic rings. The van der Waals surface area contributed by atoms with Gasteiger partial charge in [-0.2, -0.15) is 0 Å². The van der Waals surface area contributed by atoms with Gasteiger partial charge in [0.25, 0.3) is 11.8 Å². The van der Waals surface area contributed by atoms with Crippen LogP contribution in [-0.4, -0.2) is 59.6 Å². The summed E-state index contributed by atoms with van der Waals surface area (Å²) in [5.74, 6) is -0.986. The smallest absolute Gasteiger partial charge is 0.264 e. The number of para-hydroxylation sites is 1. The van der Waals surface area contributed by atoms with Crippen molar-refractivity contribution in [3.05, 3.63) is 131 Å². The number of nitrogens with one attached hydrogen (secondary N) is 1. The van der Waals surface area contributed by atoms with Crippen molar-refractivity contribution < 1.29 is 29.0 Å². The maximum Gasteiger partial charge on any atom is 0.264 e. The normalized spacial score (nSPS) is 24.3. The highest BCUT2D eigenvalue weighted by Crippen LogP contribution is 2.59. The summed E-state index contributed by atoms with van der Waals surface area (Å²) in [4.78, 5) is 56.7. The minimum Gasteiger partial charge on any atom is -0.432 e. The summed E-state index contributed by atoms with van der Waals surface area (Å²) in [5, 5.41) is 13.2. The molecule has 9 nitrogen and oxygen atoms in total. The van der Waals surface area contributed by atoms with Gasteiger partial charge in [0.1, 0.15) is 0 Å². The van der Waals surface area contributed by atoms with Crippen molar-refractivity contribution in [1.29, 1.82) is 0 Å². The minimum absolute atomic E-state index is 0.00196. The molecule has 0 saturated carbocycles. The highest BCUT2D eigenvalue weighted by atomic mass is 28.4. The van der Waals surface area contributed by atoms with Crippen LogP contribution in [0, 0.1) is 5.92 Å². The van der Waals surface area contributed by atoms with E-state index in [4.69, 9.17) is 4.74 Å². The molecular weight excluding hydrogens is 647 g/mol. The second-order valence-corrected chi connectivity index (χ2v) is 18.3. The number of aliphatic hydroxyl groups is 1. The molecule has 3 heterocycles. The number of carbonyl (C=O) groups excluding carboxylic acids is 3. The first kappa shape index (κ1) is 33.9. The molecule has 3 amide bonds. The van der Waals surface area contributed by atoms with Crippen LogP contribution in [0.1, 0.15) is 46.0 Å². The van der Waals surface area contributed by atoms with E-state index in [2.05, 4.69) is 5.32 Å². The average Bonchev–Trinajstić information content (AvgIpc) is 3.54. The van der Waals surface area contributed by atoms with Gasteiger partial charge in [-0.05, 0) is 66.5 Å². The Balaban J connectivity index is 1.14. The molecule has 10 heteroatoms. The van der Waals surface area contributed by atoms with Crippen molar-refractivity contribution in [2.75, 3.05) is 16.8 Å². The molecule has 0 unspecified atom stereocenters. The second-order valence-electron chi connectivity index (χ2n) is 14.3. The molecule has 5 atom stereocenters. The van der Waals surface area contributed by atoms with E-state index in [1.54, 1.807) is 21.9 Å². The number of benzene rings is 4. The van der Waals surface area contributed by atoms with Gasteiger partial charge in [0, 0.05) is 34.8 Å². The number of aliphatic hydroxyl groups excluding tert-OH is 1. The third-order valence-electron chi connectivity index (χ3n) is 10.7. The summed E-state index contributed by atoms with van der Waals surface area (Å²) in [6.07, 6.45) is -0.127. The summed E-state index contributed by atoms with van der Waals surface area (Å²) in [7, 11) is -2.99. The lowest BCUT2D eigenvalue weighted by atomic mass is 9.82. The third kappa shape index (κ3) is 5.96. The predicted molar refractivity (Wildman–Crippen MR) is 194 cm³/mol. The zero-order valence-electron chi connectivity index (χ0n) is 28.6. The van der Waals surface area contributed by atoms with Gasteiger partial charge in [-0.1, -0.05) is 79.7 Å². The van der Waals surface area contributed by atoms with Gasteiger partial charge in [-0.15, -0.1) is 0 Å². The Labute approximate surface area is 293 Å². The predicted octanol–water partition coefficient (Wildman–Crippen LogP) is 5.62. The van der Waals surface area contributed by atoms with Crippen LogP contribution >= 0.6 is 0 Å². The van der Waals surface area contributed by atoms with E-state index in [9.17, 15) is 24.3 Å². The minimum atomic E-state index is -2.99. The van der Waals surface area contributed by atoms with Crippen molar-refractivity contribution in [1.82, 2.24) is 4.90 Å². The summed E-state index contributed by atoms with van der Waals surface area (Å²) >= 11 is 0. The first-order valence-corrected chi connectivity index (χ1v) is 20.3. The van der Waals surface area contributed by atoms with Crippen molar-refractivity contribution in [2.45, 2.75) is 69.2 Å². The van der Waals surface area contributed by atoms with Crippen LogP contribution in [0.5, 0.6) is 0 Å². The van der Waals surface area contributed by atoms with Crippen molar-refractivity contribution in [2.24, 2.45) is 5.92 Å². The Hall–Kier alpha value is -4.61. The largest absolute Gasteiger partial charge is 0.432 e. The maximum atomic E-state index is 14.8. The number of hydrogen-bond acceptors (Lipinski definition) is 6. The lowest BCUT2D eigenvalue weighted by Gasteiger charge is -2.37. The van der Waals surface area contributed by atoms with Crippen LogP contribution in [0.2, 0.25) is 18.6 Å². The van der Waals surface area contributed by atoms with Gasteiger partial charge in [-0.3, -0.25) is 14.4 Å². The highest BCUT2D eigenvalue weighted by Gasteiger charge is 2.66. The Kier molecular flexibility index (Phi) is 8.98. The molecule has 3 N–H and O–H groups in total. The average molecular weight is 690 g/mol. The molecule has 3 aliphatic heterocycles. The van der Waals surface area contributed by atoms with Crippen molar-refractivity contribution >= 4 is 37.4 Å². The van der Waals surface area contributed by atoms with Gasteiger partial charge < -0.3 is 29.8 Å². The van der Waals surface area contributed by atoms with E-state index < -0.39 is 31.5 Å². The lowest BCUT2D eigenvalue weighted by Crippen LogP contribution is -2.48. The van der Waals surface area contributed by atoms with E-state index >= 15 is 0 Å². The van der Waals surface area contributed by atoms with E-state index in [0.717, 1.165) is 27.9 Å². The number of carbonyl (C=O) groups is 3. The number of fused-ring (bicyclic) bond motifs is 3. The molecule has 1 fully saturated rings. The Bertz CT molecular complexity index is 1910. The number of anilines is 2. The van der Waals surface area contributed by atoms with Gasteiger partial charge in [0.05, 0.1) is 37.4 Å². The molecule has 258 valence electrons. The Morgan fingerprint density at radius 1 is 0.920 bits per heavy atom. The van der Waals surface area contributed by atoms with E-state index in [-0.39, 0.29) is 43.3 Å². The number of hydrogen-bond donors (Lipinski definition) is 3. The van der Waals surface area contributed by atoms with Gasteiger partial charge in [0.2, 0.25) is 5.91 Å². The SMILES string of the molecule is C[C@@H]1[C@@H]([Si](C)(C)O)[C@H](CC(=O)N2Cc3ccccc3C[C@H]2CO)O[C@@]12C(=O)N(Cc1ccc(NC(=O)c3ccccc3)cc1)c1ccccc12. The lowest BCUT2D eigenvalue weighted by molar-refractivity contribution is -0.151. The van der Waals surface area contributed by atoms with Crippen LogP contribution in [0.3, 0.4) is 0 Å². The molecule has 1 saturated heterocycles. The molecule has 0 radical (unpaired) electrons. The number of rotatable bonds is 8. The molecular formula is C40H43N3O6Si. The fourth-order valence-corrected chi connectivity index (χ4v) is 10.9. The molecule has 50 heavy (non-hydrogen) atoms. The summed E-state index contributed by atoms with van der Waals surface area (Å²) in [6.45, 7) is 6.18. The quantitative estimate of drug-likeness (QED) is 0.207. The molecule has 1 spiro atoms. The van der Waals surface area contributed by atoms with Crippen LogP contribution in [-0.2, 0) is 39.4 Å². The molecule has 7 rings (SSSR count). The van der Waals surface area contributed by atoms with Crippen LogP contribution in [0.4, 0.5) is 11.4 Å². The molecule has 0 aromatic heterocycles. The van der Waals surface area contributed by atoms with Crippen LogP contribution < -0.4 is 10.2 Å². The second kappa shape index (κ2) is 13.3. The van der Waals surface area contributed by atoms with E-state index in [0.29, 0.717) is 24.2 Å². The van der Waals surface area contributed by atoms with E-state index in [1.807, 2.05) is 111 Å².